The molecule has 0 aliphatic rings. The van der Waals surface area contributed by atoms with Crippen molar-refractivity contribution in [3.63, 3.8) is 0 Å². The van der Waals surface area contributed by atoms with Crippen LogP contribution < -0.4 is 10.1 Å². The molecule has 0 saturated carbocycles. The van der Waals surface area contributed by atoms with Gasteiger partial charge < -0.3 is 10.1 Å². The van der Waals surface area contributed by atoms with Crippen LogP contribution in [0.1, 0.15) is 12.6 Å². The predicted octanol–water partition coefficient (Wildman–Crippen LogP) is 1.82. The van der Waals surface area contributed by atoms with Gasteiger partial charge in [0.05, 0.1) is 0 Å². The molecule has 0 aliphatic carbocycles. The third-order valence-electron chi connectivity index (χ3n) is 1.38. The maximum Gasteiger partial charge on any atom is 0.388 e. The minimum absolute atomic E-state index is 0.122. The second kappa shape index (κ2) is 4.69. The molecule has 1 aromatic rings. The summed E-state index contributed by atoms with van der Waals surface area (Å²) in [6.45, 7) is 1.30. The molecule has 1 aromatic heterocycles. The van der Waals surface area contributed by atoms with Crippen molar-refractivity contribution in [1.29, 1.82) is 0 Å². The first kappa shape index (κ1) is 10.6. The largest absolute Gasteiger partial charge is 0.417 e. The molecule has 4 nitrogen and oxygen atoms in total. The first-order valence-corrected chi connectivity index (χ1v) is 4.16. The summed E-state index contributed by atoms with van der Waals surface area (Å²) in [5, 5.41) is 2.81. The molecule has 0 atom stereocenters. The van der Waals surface area contributed by atoms with E-state index >= 15 is 0 Å². The van der Waals surface area contributed by atoms with Crippen LogP contribution in [0.2, 0.25) is 0 Å². The van der Waals surface area contributed by atoms with E-state index < -0.39 is 6.61 Å². The van der Waals surface area contributed by atoms with Gasteiger partial charge in [0.25, 0.3) is 0 Å². The number of nitrogens with zero attached hydrogens (tertiary/aromatic N) is 2. The zero-order valence-electron chi connectivity index (χ0n) is 7.92. The summed E-state index contributed by atoms with van der Waals surface area (Å²) in [5.74, 6) is 0.173. The highest BCUT2D eigenvalue weighted by molar-refractivity contribution is 5.30. The van der Waals surface area contributed by atoms with E-state index in [9.17, 15) is 8.78 Å². The lowest BCUT2D eigenvalue weighted by Gasteiger charge is -2.06. The average molecular weight is 203 g/mol. The highest BCUT2D eigenvalue weighted by Crippen LogP contribution is 2.14. The van der Waals surface area contributed by atoms with E-state index in [1.54, 1.807) is 6.92 Å². The molecule has 1 heterocycles. The summed E-state index contributed by atoms with van der Waals surface area (Å²) in [4.78, 5) is 7.72. The summed E-state index contributed by atoms with van der Waals surface area (Å²) in [6, 6.07) is 1.35. The van der Waals surface area contributed by atoms with Gasteiger partial charge in [0.2, 0.25) is 11.8 Å². The number of hydrogen-bond acceptors (Lipinski definition) is 4. The number of ether oxygens (including phenoxy) is 1. The smallest absolute Gasteiger partial charge is 0.388 e. The molecule has 1 rings (SSSR count). The Morgan fingerprint density at radius 2 is 2.21 bits per heavy atom. The van der Waals surface area contributed by atoms with Crippen LogP contribution in [0.5, 0.6) is 5.88 Å². The molecule has 0 unspecified atom stereocenters. The van der Waals surface area contributed by atoms with Crippen molar-refractivity contribution in [3.8, 4) is 5.88 Å². The molecule has 0 spiro atoms. The maximum absolute atomic E-state index is 11.9. The Kier molecular flexibility index (Phi) is 3.55. The van der Waals surface area contributed by atoms with Crippen LogP contribution in [-0.2, 0) is 0 Å². The predicted molar refractivity (Wildman–Crippen MR) is 47.6 cm³/mol. The molecule has 0 fully saturated rings. The van der Waals surface area contributed by atoms with Gasteiger partial charge in [-0.3, -0.25) is 0 Å². The molecule has 0 amide bonds. The molecule has 0 saturated heterocycles. The number of nitrogens with one attached hydrogen (secondary N) is 1. The quantitative estimate of drug-likeness (QED) is 0.810. The van der Waals surface area contributed by atoms with Crippen molar-refractivity contribution in [3.05, 3.63) is 11.8 Å². The first-order chi connectivity index (χ1) is 6.61. The van der Waals surface area contributed by atoms with Crippen molar-refractivity contribution in [2.45, 2.75) is 20.5 Å². The summed E-state index contributed by atoms with van der Waals surface area (Å²) in [5.41, 5.74) is 0.576. The molecule has 6 heteroatoms. The first-order valence-electron chi connectivity index (χ1n) is 4.16. The van der Waals surface area contributed by atoms with Gasteiger partial charge in [-0.25, -0.2) is 4.98 Å². The lowest BCUT2D eigenvalue weighted by atomic mass is 10.4. The second-order valence-corrected chi connectivity index (χ2v) is 2.58. The van der Waals surface area contributed by atoms with Crippen molar-refractivity contribution in [2.24, 2.45) is 0 Å². The Balaban J connectivity index is 2.83. The Bertz CT molecular complexity index is 307. The van der Waals surface area contributed by atoms with E-state index in [0.29, 0.717) is 18.2 Å². The van der Waals surface area contributed by atoms with Crippen LogP contribution in [0.25, 0.3) is 0 Å². The van der Waals surface area contributed by atoms with Gasteiger partial charge in [-0.15, -0.1) is 0 Å². The summed E-state index contributed by atoms with van der Waals surface area (Å²) in [7, 11) is 0. The Labute approximate surface area is 80.3 Å². The molecule has 1 N–H and O–H groups in total. The molecular weight excluding hydrogens is 192 g/mol. The zero-order chi connectivity index (χ0) is 10.6. The van der Waals surface area contributed by atoms with Gasteiger partial charge in [0.1, 0.15) is 0 Å². The number of aryl methyl sites for hydroxylation is 1. The van der Waals surface area contributed by atoms with Gasteiger partial charge in [0.15, 0.2) is 0 Å². The van der Waals surface area contributed by atoms with E-state index in [0.717, 1.165) is 0 Å². The van der Waals surface area contributed by atoms with Crippen LogP contribution in [0.15, 0.2) is 6.07 Å². The normalized spacial score (nSPS) is 10.4. The average Bonchev–Trinajstić information content (AvgIpc) is 2.01. The summed E-state index contributed by atoms with van der Waals surface area (Å²) < 4.78 is 27.9. The summed E-state index contributed by atoms with van der Waals surface area (Å²) in [6.07, 6.45) is 0. The second-order valence-electron chi connectivity index (χ2n) is 2.58. The maximum atomic E-state index is 11.9. The topological polar surface area (TPSA) is 47.0 Å². The van der Waals surface area contributed by atoms with Crippen LogP contribution in [0.4, 0.5) is 14.7 Å². The molecule has 0 aliphatic heterocycles. The number of anilines is 1. The molecule has 0 radical (unpaired) electrons. The summed E-state index contributed by atoms with van der Waals surface area (Å²) >= 11 is 0. The van der Waals surface area contributed by atoms with E-state index in [4.69, 9.17) is 0 Å². The monoisotopic (exact) mass is 203 g/mol. The van der Waals surface area contributed by atoms with Gasteiger partial charge >= 0.3 is 6.61 Å². The van der Waals surface area contributed by atoms with Gasteiger partial charge in [-0.05, 0) is 13.8 Å². The Hall–Kier alpha value is -1.46. The third-order valence-corrected chi connectivity index (χ3v) is 1.38. The van der Waals surface area contributed by atoms with E-state index in [1.807, 2.05) is 6.92 Å². The fourth-order valence-corrected chi connectivity index (χ4v) is 0.928. The van der Waals surface area contributed by atoms with Crippen molar-refractivity contribution < 1.29 is 13.5 Å². The van der Waals surface area contributed by atoms with Gasteiger partial charge in [0, 0.05) is 18.3 Å². The van der Waals surface area contributed by atoms with Crippen molar-refractivity contribution >= 4 is 5.95 Å². The van der Waals surface area contributed by atoms with E-state index in [1.165, 1.54) is 6.07 Å². The number of aromatic nitrogens is 2. The lowest BCUT2D eigenvalue weighted by Crippen LogP contribution is -2.08. The highest BCUT2D eigenvalue weighted by atomic mass is 19.3. The van der Waals surface area contributed by atoms with E-state index in [2.05, 4.69) is 20.0 Å². The van der Waals surface area contributed by atoms with E-state index in [-0.39, 0.29) is 5.88 Å². The molecule has 0 bridgehead atoms. The van der Waals surface area contributed by atoms with Crippen molar-refractivity contribution in [2.75, 3.05) is 11.9 Å². The Morgan fingerprint density at radius 1 is 1.50 bits per heavy atom. The molecular formula is C8H11F2N3O. The lowest BCUT2D eigenvalue weighted by molar-refractivity contribution is -0.0528. The fourth-order valence-electron chi connectivity index (χ4n) is 0.928. The molecule has 78 valence electrons. The van der Waals surface area contributed by atoms with Gasteiger partial charge in [-0.1, -0.05) is 0 Å². The van der Waals surface area contributed by atoms with Crippen LogP contribution in [0, 0.1) is 6.92 Å². The number of halogens is 2. The third kappa shape index (κ3) is 3.12. The van der Waals surface area contributed by atoms with Crippen LogP contribution in [-0.4, -0.2) is 23.1 Å². The van der Waals surface area contributed by atoms with Crippen LogP contribution >= 0.6 is 0 Å². The minimum atomic E-state index is -2.86. The highest BCUT2D eigenvalue weighted by Gasteiger charge is 2.07. The molecule has 0 aromatic carbocycles. The van der Waals surface area contributed by atoms with Gasteiger partial charge in [-0.2, -0.15) is 13.8 Å². The minimum Gasteiger partial charge on any atom is -0.417 e. The van der Waals surface area contributed by atoms with Crippen molar-refractivity contribution in [1.82, 2.24) is 9.97 Å². The fraction of sp³-hybridized carbons (Fsp3) is 0.500. The number of hydrogen-bond donors (Lipinski definition) is 1. The zero-order valence-corrected chi connectivity index (χ0v) is 7.92. The number of alkyl halides is 2. The standard InChI is InChI=1S/C8H11F2N3O/c1-3-11-8-12-5(2)4-6(13-8)14-7(9)10/h4,7H,3H2,1-2H3,(H,11,12,13). The SMILES string of the molecule is CCNc1nc(C)cc(OC(F)F)n1. The molecule has 14 heavy (non-hydrogen) atoms. The number of rotatable bonds is 4. The Morgan fingerprint density at radius 3 is 2.79 bits per heavy atom. The van der Waals surface area contributed by atoms with Crippen LogP contribution in [0.3, 0.4) is 0 Å².